The number of hydrogen-bond donors (Lipinski definition) is 1. The van der Waals surface area contributed by atoms with Crippen molar-refractivity contribution in [1.29, 1.82) is 0 Å². The van der Waals surface area contributed by atoms with Crippen LogP contribution in [0.4, 0.5) is 27.6 Å². The van der Waals surface area contributed by atoms with Crippen LogP contribution in [0, 0.1) is 11.6 Å². The van der Waals surface area contributed by atoms with Gasteiger partial charge in [-0.1, -0.05) is 18.2 Å². The lowest BCUT2D eigenvalue weighted by Gasteiger charge is -2.14. The minimum atomic E-state index is -4.80. The third kappa shape index (κ3) is 4.62. The second-order valence-electron chi connectivity index (χ2n) is 4.17. The minimum Gasteiger partial charge on any atom is -0.405 e. The second-order valence-corrected chi connectivity index (χ2v) is 4.17. The fourth-order valence-corrected chi connectivity index (χ4v) is 1.73. The number of para-hydroxylation sites is 1. The largest absolute Gasteiger partial charge is 0.573 e. The smallest absolute Gasteiger partial charge is 0.405 e. The standard InChI is InChI=1S/C14H10F5NO/c15-10-5-11(16)7-12(6-10)20-8-9-3-1-2-4-13(9)21-14(17,18)19/h1-7,20H,8H2. The molecule has 1 N–H and O–H groups in total. The summed E-state index contributed by atoms with van der Waals surface area (Å²) in [6.45, 7) is -0.0743. The van der Waals surface area contributed by atoms with Gasteiger partial charge in [0.2, 0.25) is 0 Å². The SMILES string of the molecule is Fc1cc(F)cc(NCc2ccccc2OC(F)(F)F)c1. The highest BCUT2D eigenvalue weighted by Gasteiger charge is 2.31. The molecule has 0 aliphatic rings. The number of rotatable bonds is 4. The topological polar surface area (TPSA) is 21.3 Å². The molecule has 21 heavy (non-hydrogen) atoms. The van der Waals surface area contributed by atoms with Crippen molar-refractivity contribution in [3.8, 4) is 5.75 Å². The lowest BCUT2D eigenvalue weighted by molar-refractivity contribution is -0.274. The summed E-state index contributed by atoms with van der Waals surface area (Å²) in [4.78, 5) is 0. The molecule has 2 nitrogen and oxygen atoms in total. The number of anilines is 1. The van der Waals surface area contributed by atoms with Crippen LogP contribution in [0.5, 0.6) is 5.75 Å². The maximum Gasteiger partial charge on any atom is 0.573 e. The predicted octanol–water partition coefficient (Wildman–Crippen LogP) is 4.48. The minimum absolute atomic E-state index is 0.0743. The number of hydrogen-bond acceptors (Lipinski definition) is 2. The molecule has 0 unspecified atom stereocenters. The molecule has 0 saturated carbocycles. The first kappa shape index (κ1) is 15.1. The molecule has 0 saturated heterocycles. The summed E-state index contributed by atoms with van der Waals surface area (Å²) in [5.41, 5.74) is 0.328. The summed E-state index contributed by atoms with van der Waals surface area (Å²) < 4.78 is 66.6. The zero-order valence-electron chi connectivity index (χ0n) is 10.5. The van der Waals surface area contributed by atoms with Gasteiger partial charge in [-0.15, -0.1) is 13.2 Å². The molecule has 0 amide bonds. The van der Waals surface area contributed by atoms with Crippen molar-refractivity contribution < 1.29 is 26.7 Å². The van der Waals surface area contributed by atoms with Crippen LogP contribution < -0.4 is 10.1 Å². The molecule has 0 radical (unpaired) electrons. The number of ether oxygens (including phenoxy) is 1. The first-order valence-electron chi connectivity index (χ1n) is 5.87. The summed E-state index contributed by atoms with van der Waals surface area (Å²) >= 11 is 0. The third-order valence-electron chi connectivity index (χ3n) is 2.54. The molecule has 0 aliphatic carbocycles. The van der Waals surface area contributed by atoms with Crippen molar-refractivity contribution in [2.75, 3.05) is 5.32 Å². The first-order valence-corrected chi connectivity index (χ1v) is 5.87. The van der Waals surface area contributed by atoms with E-state index in [1.807, 2.05) is 0 Å². The van der Waals surface area contributed by atoms with Crippen LogP contribution in [-0.2, 0) is 6.54 Å². The molecule has 0 fully saturated rings. The summed E-state index contributed by atoms with van der Waals surface area (Å²) in [6, 6.07) is 8.29. The maximum absolute atomic E-state index is 13.0. The second kappa shape index (κ2) is 5.99. The Morgan fingerprint density at radius 3 is 2.19 bits per heavy atom. The van der Waals surface area contributed by atoms with E-state index in [-0.39, 0.29) is 23.5 Å². The fourth-order valence-electron chi connectivity index (χ4n) is 1.73. The lowest BCUT2D eigenvalue weighted by atomic mass is 10.2. The summed E-state index contributed by atoms with van der Waals surface area (Å²) in [7, 11) is 0. The number of halogens is 5. The quantitative estimate of drug-likeness (QED) is 0.841. The lowest BCUT2D eigenvalue weighted by Crippen LogP contribution is -2.18. The highest BCUT2D eigenvalue weighted by Crippen LogP contribution is 2.27. The normalized spacial score (nSPS) is 11.3. The van der Waals surface area contributed by atoms with Crippen LogP contribution in [0.15, 0.2) is 42.5 Å². The molecule has 0 bridgehead atoms. The molecular weight excluding hydrogens is 293 g/mol. The third-order valence-corrected chi connectivity index (χ3v) is 2.54. The molecule has 2 aromatic carbocycles. The number of alkyl halides is 3. The van der Waals surface area contributed by atoms with Gasteiger partial charge in [-0.25, -0.2) is 8.78 Å². The van der Waals surface area contributed by atoms with E-state index >= 15 is 0 Å². The van der Waals surface area contributed by atoms with Crippen molar-refractivity contribution >= 4 is 5.69 Å². The molecule has 0 aliphatic heterocycles. The van der Waals surface area contributed by atoms with Gasteiger partial charge < -0.3 is 10.1 Å². The Bertz CT molecular complexity index is 607. The van der Waals surface area contributed by atoms with Gasteiger partial charge in [-0.2, -0.15) is 0 Å². The maximum atomic E-state index is 13.0. The van der Waals surface area contributed by atoms with E-state index in [4.69, 9.17) is 0 Å². The predicted molar refractivity (Wildman–Crippen MR) is 66.8 cm³/mol. The van der Waals surface area contributed by atoms with Crippen LogP contribution in [0.3, 0.4) is 0 Å². The number of nitrogens with one attached hydrogen (secondary N) is 1. The van der Waals surface area contributed by atoms with Gasteiger partial charge in [-0.3, -0.25) is 0 Å². The Morgan fingerprint density at radius 1 is 0.952 bits per heavy atom. The van der Waals surface area contributed by atoms with E-state index < -0.39 is 18.0 Å². The van der Waals surface area contributed by atoms with Gasteiger partial charge >= 0.3 is 6.36 Å². The van der Waals surface area contributed by atoms with Crippen LogP contribution in [0.1, 0.15) is 5.56 Å². The molecule has 112 valence electrons. The number of benzene rings is 2. The molecule has 0 heterocycles. The Labute approximate surface area is 117 Å². The van der Waals surface area contributed by atoms with Crippen LogP contribution in [0.25, 0.3) is 0 Å². The Hall–Kier alpha value is -2.31. The Morgan fingerprint density at radius 2 is 1.57 bits per heavy atom. The Kier molecular flexibility index (Phi) is 4.30. The van der Waals surface area contributed by atoms with E-state index in [0.717, 1.165) is 18.2 Å². The van der Waals surface area contributed by atoms with E-state index in [1.54, 1.807) is 0 Å². The van der Waals surface area contributed by atoms with Crippen molar-refractivity contribution in [2.45, 2.75) is 12.9 Å². The first-order chi connectivity index (χ1) is 9.83. The van der Waals surface area contributed by atoms with E-state index in [1.165, 1.54) is 18.2 Å². The molecular formula is C14H10F5NO. The van der Waals surface area contributed by atoms with Crippen molar-refractivity contribution in [3.05, 3.63) is 59.7 Å². The van der Waals surface area contributed by atoms with E-state index in [2.05, 4.69) is 10.1 Å². The van der Waals surface area contributed by atoms with Gasteiger partial charge in [0.15, 0.2) is 0 Å². The monoisotopic (exact) mass is 303 g/mol. The van der Waals surface area contributed by atoms with E-state index in [9.17, 15) is 22.0 Å². The fraction of sp³-hybridized carbons (Fsp3) is 0.143. The van der Waals surface area contributed by atoms with Crippen LogP contribution in [0.2, 0.25) is 0 Å². The van der Waals surface area contributed by atoms with Gasteiger partial charge in [0.25, 0.3) is 0 Å². The Balaban J connectivity index is 2.13. The van der Waals surface area contributed by atoms with Gasteiger partial charge in [0, 0.05) is 23.9 Å². The summed E-state index contributed by atoms with van der Waals surface area (Å²) in [5.74, 6) is -1.93. The average molecular weight is 303 g/mol. The van der Waals surface area contributed by atoms with Crippen molar-refractivity contribution in [1.82, 2.24) is 0 Å². The highest BCUT2D eigenvalue weighted by molar-refractivity contribution is 5.45. The summed E-state index contributed by atoms with van der Waals surface area (Å²) in [5, 5.41) is 2.64. The zero-order valence-corrected chi connectivity index (χ0v) is 10.5. The van der Waals surface area contributed by atoms with Gasteiger partial charge in [-0.05, 0) is 18.2 Å². The van der Waals surface area contributed by atoms with E-state index in [0.29, 0.717) is 6.07 Å². The highest BCUT2D eigenvalue weighted by atomic mass is 19.4. The summed E-state index contributed by atoms with van der Waals surface area (Å²) in [6.07, 6.45) is -4.80. The van der Waals surface area contributed by atoms with Gasteiger partial charge in [0.05, 0.1) is 0 Å². The van der Waals surface area contributed by atoms with Crippen LogP contribution >= 0.6 is 0 Å². The molecule has 0 atom stereocenters. The van der Waals surface area contributed by atoms with Crippen LogP contribution in [-0.4, -0.2) is 6.36 Å². The molecule has 2 aromatic rings. The molecule has 7 heteroatoms. The molecule has 0 aromatic heterocycles. The van der Waals surface area contributed by atoms with Gasteiger partial charge in [0.1, 0.15) is 17.4 Å². The molecule has 0 spiro atoms. The average Bonchev–Trinajstić information content (AvgIpc) is 2.35. The van der Waals surface area contributed by atoms with Crippen molar-refractivity contribution in [2.24, 2.45) is 0 Å². The zero-order chi connectivity index (χ0) is 15.5. The molecule has 2 rings (SSSR count). The van der Waals surface area contributed by atoms with Crippen molar-refractivity contribution in [3.63, 3.8) is 0 Å².